The molecular weight excluding hydrogens is 462 g/mol. The number of aryl methyl sites for hydroxylation is 1. The molecule has 1 heterocycles. The van der Waals surface area contributed by atoms with E-state index in [1.807, 2.05) is 30.3 Å². The van der Waals surface area contributed by atoms with E-state index in [1.165, 1.54) is 4.90 Å². The Balaban J connectivity index is 1.77. The summed E-state index contributed by atoms with van der Waals surface area (Å²) >= 11 is 0. The Bertz CT molecular complexity index is 837. The van der Waals surface area contributed by atoms with Crippen LogP contribution in [0.1, 0.15) is 38.2 Å². The second kappa shape index (κ2) is 14.9. The zero-order valence-electron chi connectivity index (χ0n) is 19.8. The molecule has 3 unspecified atom stereocenters. The molecule has 1 aliphatic heterocycles. The number of carboxylic acid groups (broad SMARTS) is 1. The average Bonchev–Trinajstić information content (AvgIpc) is 3.32. The number of hydrogen-bond acceptors (Lipinski definition) is 9. The first-order valence-electron chi connectivity index (χ1n) is 11.6. The third kappa shape index (κ3) is 9.87. The molecular formula is C23H33N3O9. The number of hydrogen-bond donors (Lipinski definition) is 2. The van der Waals surface area contributed by atoms with Crippen molar-refractivity contribution in [3.63, 3.8) is 0 Å². The van der Waals surface area contributed by atoms with Gasteiger partial charge >= 0.3 is 11.9 Å². The van der Waals surface area contributed by atoms with Gasteiger partial charge in [0.15, 0.2) is 0 Å². The molecule has 2 rings (SSSR count). The predicted molar refractivity (Wildman–Crippen MR) is 123 cm³/mol. The predicted octanol–water partition coefficient (Wildman–Crippen LogP) is 1.20. The van der Waals surface area contributed by atoms with Gasteiger partial charge in [-0.05, 0) is 44.6 Å². The van der Waals surface area contributed by atoms with Crippen molar-refractivity contribution in [1.29, 1.82) is 0 Å². The van der Waals surface area contributed by atoms with E-state index in [1.54, 1.807) is 6.92 Å². The van der Waals surface area contributed by atoms with Crippen LogP contribution in [0.3, 0.4) is 0 Å². The van der Waals surface area contributed by atoms with Gasteiger partial charge < -0.3 is 24.3 Å². The zero-order valence-corrected chi connectivity index (χ0v) is 19.8. The second-order valence-corrected chi connectivity index (χ2v) is 8.18. The fourth-order valence-corrected chi connectivity index (χ4v) is 3.90. The highest BCUT2D eigenvalue weighted by molar-refractivity contribution is 5.88. The van der Waals surface area contributed by atoms with Crippen molar-refractivity contribution in [3.8, 4) is 0 Å². The Morgan fingerprint density at radius 2 is 1.91 bits per heavy atom. The Morgan fingerprint density at radius 1 is 1.20 bits per heavy atom. The first-order chi connectivity index (χ1) is 16.8. The van der Waals surface area contributed by atoms with Gasteiger partial charge in [0.25, 0.3) is 5.09 Å². The van der Waals surface area contributed by atoms with Crippen molar-refractivity contribution in [2.45, 2.75) is 57.2 Å². The molecule has 2 N–H and O–H groups in total. The standard InChI is InChI=1S/C23H33N3O9/c1-17(24-19(22(28)29)10-5-9-18-7-3-2-4-8-18)21(27)25-12-6-11-20(25)23(30)34-15-13-33-14-16-35-26(31)32/h2-4,7-8,17,19-20,24H,5-6,9-16H2,1H3,(H,28,29). The highest BCUT2D eigenvalue weighted by Crippen LogP contribution is 2.20. The van der Waals surface area contributed by atoms with E-state index in [0.717, 1.165) is 12.0 Å². The molecule has 0 aromatic heterocycles. The number of nitrogens with zero attached hydrogens (tertiary/aromatic N) is 2. The maximum atomic E-state index is 13.0. The average molecular weight is 496 g/mol. The van der Waals surface area contributed by atoms with Crippen LogP contribution >= 0.6 is 0 Å². The van der Waals surface area contributed by atoms with Gasteiger partial charge in [-0.2, -0.15) is 0 Å². The lowest BCUT2D eigenvalue weighted by Crippen LogP contribution is -2.53. The number of esters is 1. The zero-order chi connectivity index (χ0) is 25.6. The molecule has 0 spiro atoms. The van der Waals surface area contributed by atoms with Crippen molar-refractivity contribution >= 4 is 17.8 Å². The van der Waals surface area contributed by atoms with Crippen LogP contribution in [0.2, 0.25) is 0 Å². The van der Waals surface area contributed by atoms with Crippen molar-refractivity contribution in [1.82, 2.24) is 10.2 Å². The molecule has 0 saturated carbocycles. The molecule has 0 aliphatic carbocycles. The normalized spacial score (nSPS) is 16.9. The summed E-state index contributed by atoms with van der Waals surface area (Å²) in [5.41, 5.74) is 1.12. The lowest BCUT2D eigenvalue weighted by atomic mass is 10.0. The summed E-state index contributed by atoms with van der Waals surface area (Å²) < 4.78 is 10.3. The maximum absolute atomic E-state index is 13.0. The Kier molecular flexibility index (Phi) is 11.9. The topological polar surface area (TPSA) is 158 Å². The molecule has 35 heavy (non-hydrogen) atoms. The van der Waals surface area contributed by atoms with E-state index in [-0.39, 0.29) is 32.3 Å². The Labute approximate surface area is 203 Å². The monoisotopic (exact) mass is 495 g/mol. The van der Waals surface area contributed by atoms with Crippen LogP contribution in [0.5, 0.6) is 0 Å². The number of aliphatic carboxylic acids is 1. The first kappa shape index (κ1) is 28.0. The van der Waals surface area contributed by atoms with Gasteiger partial charge in [-0.25, -0.2) is 4.79 Å². The van der Waals surface area contributed by atoms with Gasteiger partial charge in [-0.3, -0.25) is 14.9 Å². The molecule has 1 saturated heterocycles. The number of carbonyl (C=O) groups is 3. The number of amides is 1. The molecule has 194 valence electrons. The SMILES string of the molecule is CC(NC(CCCc1ccccc1)C(=O)O)C(=O)N1CCCC1C(=O)OCCOCCO[N+](=O)[O-]. The number of likely N-dealkylation sites (tertiary alicyclic amines) is 1. The minimum absolute atomic E-state index is 0.0220. The van der Waals surface area contributed by atoms with Gasteiger partial charge in [0.05, 0.1) is 19.3 Å². The van der Waals surface area contributed by atoms with E-state index >= 15 is 0 Å². The van der Waals surface area contributed by atoms with Crippen molar-refractivity contribution in [3.05, 3.63) is 46.0 Å². The molecule has 1 amide bonds. The van der Waals surface area contributed by atoms with Crippen LogP contribution in [-0.4, -0.2) is 84.0 Å². The third-order valence-corrected chi connectivity index (χ3v) is 5.63. The van der Waals surface area contributed by atoms with Gasteiger partial charge in [0.2, 0.25) is 5.91 Å². The summed E-state index contributed by atoms with van der Waals surface area (Å²) in [7, 11) is 0. The molecule has 1 aliphatic rings. The summed E-state index contributed by atoms with van der Waals surface area (Å²) in [5.74, 6) is -1.95. The Hall–Kier alpha value is -3.25. The molecule has 1 fully saturated rings. The molecule has 0 bridgehead atoms. The van der Waals surface area contributed by atoms with Gasteiger partial charge in [0.1, 0.15) is 25.3 Å². The number of carbonyl (C=O) groups excluding carboxylic acids is 2. The minimum atomic E-state index is -1.03. The summed E-state index contributed by atoms with van der Waals surface area (Å²) in [6.45, 7) is 1.70. The van der Waals surface area contributed by atoms with Gasteiger partial charge in [-0.15, -0.1) is 10.1 Å². The third-order valence-electron chi connectivity index (χ3n) is 5.63. The lowest BCUT2D eigenvalue weighted by Gasteiger charge is -2.28. The van der Waals surface area contributed by atoms with E-state index in [0.29, 0.717) is 32.2 Å². The van der Waals surface area contributed by atoms with Crippen molar-refractivity contribution < 1.29 is 38.9 Å². The molecule has 12 nitrogen and oxygen atoms in total. The van der Waals surface area contributed by atoms with E-state index < -0.39 is 35.2 Å². The summed E-state index contributed by atoms with van der Waals surface area (Å²) in [5, 5.41) is 21.6. The summed E-state index contributed by atoms with van der Waals surface area (Å²) in [6.07, 6.45) is 2.83. The number of carboxylic acids is 1. The highest BCUT2D eigenvalue weighted by atomic mass is 17.0. The summed E-state index contributed by atoms with van der Waals surface area (Å²) in [4.78, 5) is 52.7. The van der Waals surface area contributed by atoms with Crippen LogP contribution in [0.25, 0.3) is 0 Å². The first-order valence-corrected chi connectivity index (χ1v) is 11.6. The second-order valence-electron chi connectivity index (χ2n) is 8.18. The van der Waals surface area contributed by atoms with Gasteiger partial charge in [-0.1, -0.05) is 30.3 Å². The molecule has 12 heteroatoms. The Morgan fingerprint density at radius 3 is 2.60 bits per heavy atom. The molecule has 3 atom stereocenters. The van der Waals surface area contributed by atoms with Crippen LogP contribution in [0.15, 0.2) is 30.3 Å². The largest absolute Gasteiger partial charge is 0.480 e. The lowest BCUT2D eigenvalue weighted by molar-refractivity contribution is -0.758. The number of benzene rings is 1. The smallest absolute Gasteiger partial charge is 0.328 e. The van der Waals surface area contributed by atoms with E-state index in [9.17, 15) is 29.6 Å². The summed E-state index contributed by atoms with van der Waals surface area (Å²) in [6, 6.07) is 7.34. The fraction of sp³-hybridized carbons (Fsp3) is 0.609. The van der Waals surface area contributed by atoms with E-state index in [2.05, 4.69) is 10.2 Å². The van der Waals surface area contributed by atoms with Crippen LogP contribution in [-0.2, 0) is 35.1 Å². The maximum Gasteiger partial charge on any atom is 0.328 e. The fourth-order valence-electron chi connectivity index (χ4n) is 3.90. The minimum Gasteiger partial charge on any atom is -0.480 e. The molecule has 0 radical (unpaired) electrons. The van der Waals surface area contributed by atoms with Crippen molar-refractivity contribution in [2.24, 2.45) is 0 Å². The number of rotatable bonds is 16. The molecule has 1 aromatic rings. The van der Waals surface area contributed by atoms with Gasteiger partial charge in [0, 0.05) is 6.54 Å². The highest BCUT2D eigenvalue weighted by Gasteiger charge is 2.37. The number of ether oxygens (including phenoxy) is 2. The van der Waals surface area contributed by atoms with Crippen LogP contribution in [0.4, 0.5) is 0 Å². The quantitative estimate of drug-likeness (QED) is 0.148. The van der Waals surface area contributed by atoms with E-state index in [4.69, 9.17) is 9.47 Å². The van der Waals surface area contributed by atoms with Crippen LogP contribution in [0, 0.1) is 10.1 Å². The molecule has 1 aromatic carbocycles. The van der Waals surface area contributed by atoms with Crippen molar-refractivity contribution in [2.75, 3.05) is 33.0 Å². The van der Waals surface area contributed by atoms with Crippen LogP contribution < -0.4 is 5.32 Å². The number of nitrogens with one attached hydrogen (secondary N) is 1.